The Hall–Kier alpha value is -1.53. The van der Waals surface area contributed by atoms with Crippen LogP contribution in [0, 0.1) is 25.1 Å². The maximum atomic E-state index is 13.4. The van der Waals surface area contributed by atoms with Crippen LogP contribution in [0.4, 0.5) is 10.1 Å². The fourth-order valence-corrected chi connectivity index (χ4v) is 1.57. The van der Waals surface area contributed by atoms with Crippen molar-refractivity contribution >= 4 is 5.69 Å². The normalized spacial score (nSPS) is 12.0. The molecule has 16 heavy (non-hydrogen) atoms. The highest BCUT2D eigenvalue weighted by atomic mass is 19.1. The average molecular weight is 221 g/mol. The highest BCUT2D eigenvalue weighted by Gasteiger charge is 2.14. The molecule has 0 heterocycles. The second-order valence-corrected chi connectivity index (χ2v) is 3.90. The van der Waals surface area contributed by atoms with Crippen molar-refractivity contribution in [2.45, 2.75) is 20.0 Å². The van der Waals surface area contributed by atoms with Gasteiger partial charge in [0.2, 0.25) is 0 Å². The van der Waals surface area contributed by atoms with Crippen LogP contribution >= 0.6 is 0 Å². The molecular formula is C13H16FNO. The largest absolute Gasteiger partial charge is 0.389 e. The summed E-state index contributed by atoms with van der Waals surface area (Å²) in [7, 11) is 1.82. The smallest absolute Gasteiger partial charge is 0.126 e. The van der Waals surface area contributed by atoms with E-state index >= 15 is 0 Å². The van der Waals surface area contributed by atoms with Crippen LogP contribution in [0.5, 0.6) is 0 Å². The molecular weight excluding hydrogens is 205 g/mol. The van der Waals surface area contributed by atoms with Crippen molar-refractivity contribution in [2.75, 3.05) is 18.5 Å². The van der Waals surface area contributed by atoms with Crippen molar-refractivity contribution in [1.82, 2.24) is 0 Å². The summed E-state index contributed by atoms with van der Waals surface area (Å²) in [6, 6.07) is 3.07. The molecule has 0 bridgehead atoms. The first-order chi connectivity index (χ1) is 7.47. The van der Waals surface area contributed by atoms with Gasteiger partial charge in [0, 0.05) is 18.3 Å². The van der Waals surface area contributed by atoms with Crippen molar-refractivity contribution in [2.24, 2.45) is 0 Å². The summed E-state index contributed by atoms with van der Waals surface area (Å²) in [4.78, 5) is 1.81. The van der Waals surface area contributed by atoms with E-state index in [1.54, 1.807) is 19.9 Å². The third-order valence-electron chi connectivity index (χ3n) is 2.50. The Bertz CT molecular complexity index is 421. The Balaban J connectivity index is 3.25. The molecule has 1 rings (SSSR count). The molecule has 1 aromatic carbocycles. The van der Waals surface area contributed by atoms with Crippen molar-refractivity contribution in [3.63, 3.8) is 0 Å². The highest BCUT2D eigenvalue weighted by molar-refractivity contribution is 5.56. The maximum absolute atomic E-state index is 13.4. The number of hydrogen-bond acceptors (Lipinski definition) is 2. The fraction of sp³-hybridized carbons (Fsp3) is 0.385. The SMILES string of the molecule is C#CCN(C)c1cc(C)c(F)cc1[C@@H](C)O. The number of anilines is 1. The van der Waals surface area contributed by atoms with Crippen LogP contribution < -0.4 is 4.90 Å². The van der Waals surface area contributed by atoms with Crippen molar-refractivity contribution < 1.29 is 9.50 Å². The van der Waals surface area contributed by atoms with Gasteiger partial charge in [-0.25, -0.2) is 4.39 Å². The molecule has 0 spiro atoms. The summed E-state index contributed by atoms with van der Waals surface area (Å²) < 4.78 is 13.4. The Morgan fingerprint density at radius 3 is 2.69 bits per heavy atom. The number of aliphatic hydroxyl groups excluding tert-OH is 1. The Morgan fingerprint density at radius 2 is 2.19 bits per heavy atom. The van der Waals surface area contributed by atoms with Crippen LogP contribution in [0.15, 0.2) is 12.1 Å². The van der Waals surface area contributed by atoms with Gasteiger partial charge in [0.05, 0.1) is 12.6 Å². The summed E-state index contributed by atoms with van der Waals surface area (Å²) >= 11 is 0. The molecule has 0 saturated carbocycles. The van der Waals surface area contributed by atoms with Gasteiger partial charge in [0.1, 0.15) is 5.82 Å². The van der Waals surface area contributed by atoms with Crippen molar-refractivity contribution in [3.8, 4) is 12.3 Å². The number of benzene rings is 1. The monoisotopic (exact) mass is 221 g/mol. The lowest BCUT2D eigenvalue weighted by Gasteiger charge is -2.22. The van der Waals surface area contributed by atoms with E-state index in [2.05, 4.69) is 5.92 Å². The van der Waals surface area contributed by atoms with Gasteiger partial charge < -0.3 is 10.0 Å². The number of halogens is 1. The Morgan fingerprint density at radius 1 is 1.56 bits per heavy atom. The zero-order valence-corrected chi connectivity index (χ0v) is 9.79. The molecule has 0 amide bonds. The summed E-state index contributed by atoms with van der Waals surface area (Å²) in [5, 5.41) is 9.59. The number of nitrogens with zero attached hydrogens (tertiary/aromatic N) is 1. The van der Waals surface area contributed by atoms with Gasteiger partial charge >= 0.3 is 0 Å². The van der Waals surface area contributed by atoms with Crippen LogP contribution in [-0.4, -0.2) is 18.7 Å². The second-order valence-electron chi connectivity index (χ2n) is 3.90. The minimum absolute atomic E-state index is 0.311. The Kier molecular flexibility index (Phi) is 3.92. The number of rotatable bonds is 3. The predicted molar refractivity (Wildman–Crippen MR) is 63.9 cm³/mol. The van der Waals surface area contributed by atoms with Crippen LogP contribution in [-0.2, 0) is 0 Å². The van der Waals surface area contributed by atoms with Crippen LogP contribution in [0.3, 0.4) is 0 Å². The molecule has 0 aromatic heterocycles. The third-order valence-corrected chi connectivity index (χ3v) is 2.50. The van der Waals surface area contributed by atoms with E-state index in [0.29, 0.717) is 17.7 Å². The first-order valence-corrected chi connectivity index (χ1v) is 5.10. The molecule has 86 valence electrons. The molecule has 0 fully saturated rings. The Labute approximate surface area is 95.7 Å². The van der Waals surface area contributed by atoms with Crippen LogP contribution in [0.1, 0.15) is 24.2 Å². The van der Waals surface area contributed by atoms with E-state index < -0.39 is 6.10 Å². The van der Waals surface area contributed by atoms with E-state index in [9.17, 15) is 9.50 Å². The van der Waals surface area contributed by atoms with Gasteiger partial charge in [-0.2, -0.15) is 0 Å². The van der Waals surface area contributed by atoms with E-state index in [4.69, 9.17) is 6.42 Å². The zero-order chi connectivity index (χ0) is 12.3. The molecule has 1 N–H and O–H groups in total. The quantitative estimate of drug-likeness (QED) is 0.791. The van der Waals surface area contributed by atoms with E-state index in [1.807, 2.05) is 11.9 Å². The molecule has 0 aliphatic rings. The van der Waals surface area contributed by atoms with Gasteiger partial charge in [0.15, 0.2) is 0 Å². The maximum Gasteiger partial charge on any atom is 0.126 e. The molecule has 0 radical (unpaired) electrons. The third kappa shape index (κ3) is 2.53. The van der Waals surface area contributed by atoms with Crippen LogP contribution in [0.25, 0.3) is 0 Å². The van der Waals surface area contributed by atoms with Gasteiger partial charge in [-0.1, -0.05) is 5.92 Å². The zero-order valence-electron chi connectivity index (χ0n) is 9.79. The fourth-order valence-electron chi connectivity index (χ4n) is 1.57. The number of aryl methyl sites for hydroxylation is 1. The van der Waals surface area contributed by atoms with E-state index in [-0.39, 0.29) is 5.82 Å². The molecule has 1 atom stereocenters. The van der Waals surface area contributed by atoms with Gasteiger partial charge in [0.25, 0.3) is 0 Å². The average Bonchev–Trinajstić information content (AvgIpc) is 2.21. The topological polar surface area (TPSA) is 23.5 Å². The summed E-state index contributed by atoms with van der Waals surface area (Å²) in [6.07, 6.45) is 4.52. The van der Waals surface area contributed by atoms with Crippen molar-refractivity contribution in [1.29, 1.82) is 0 Å². The standard InChI is InChI=1S/C13H16FNO/c1-5-6-15(4)13-7-9(2)12(14)8-11(13)10(3)16/h1,7-8,10,16H,6H2,2-4H3/t10-/m1/s1. The molecule has 0 saturated heterocycles. The lowest BCUT2D eigenvalue weighted by molar-refractivity contribution is 0.199. The number of terminal acetylenes is 1. The van der Waals surface area contributed by atoms with E-state index in [1.165, 1.54) is 6.07 Å². The molecule has 3 heteroatoms. The predicted octanol–water partition coefficient (Wildman–Crippen LogP) is 2.26. The second kappa shape index (κ2) is 5.00. The van der Waals surface area contributed by atoms with Gasteiger partial charge in [-0.05, 0) is 31.5 Å². The lowest BCUT2D eigenvalue weighted by atomic mass is 10.0. The first kappa shape index (κ1) is 12.5. The molecule has 0 unspecified atom stereocenters. The van der Waals surface area contributed by atoms with Gasteiger partial charge in [-0.3, -0.25) is 0 Å². The van der Waals surface area contributed by atoms with E-state index in [0.717, 1.165) is 5.69 Å². The molecule has 1 aromatic rings. The summed E-state index contributed by atoms with van der Waals surface area (Å²) in [5.41, 5.74) is 1.87. The number of aliphatic hydroxyl groups is 1. The highest BCUT2D eigenvalue weighted by Crippen LogP contribution is 2.28. The van der Waals surface area contributed by atoms with Gasteiger partial charge in [-0.15, -0.1) is 6.42 Å². The minimum Gasteiger partial charge on any atom is -0.389 e. The minimum atomic E-state index is -0.717. The molecule has 0 aliphatic carbocycles. The van der Waals surface area contributed by atoms with Crippen molar-refractivity contribution in [3.05, 3.63) is 29.1 Å². The number of hydrogen-bond donors (Lipinski definition) is 1. The summed E-state index contributed by atoms with van der Waals surface area (Å²) in [6.45, 7) is 3.72. The van der Waals surface area contributed by atoms with Crippen LogP contribution in [0.2, 0.25) is 0 Å². The first-order valence-electron chi connectivity index (χ1n) is 5.10. The summed E-state index contributed by atoms with van der Waals surface area (Å²) in [5.74, 6) is 2.21. The molecule has 0 aliphatic heterocycles. The molecule has 2 nitrogen and oxygen atoms in total. The lowest BCUT2D eigenvalue weighted by Crippen LogP contribution is -2.19.